The van der Waals surface area contributed by atoms with E-state index in [0.29, 0.717) is 12.5 Å². The number of imidazole rings is 1. The van der Waals surface area contributed by atoms with Crippen molar-refractivity contribution < 1.29 is 9.90 Å². The molecule has 130 valence electrons. The minimum atomic E-state index is -0.0590. The summed E-state index contributed by atoms with van der Waals surface area (Å²) in [6, 6.07) is 6.18. The first-order valence-corrected chi connectivity index (χ1v) is 8.63. The number of aliphatic hydroxyl groups excluding tert-OH is 1. The second-order valence-electron chi connectivity index (χ2n) is 6.75. The van der Waals surface area contributed by atoms with Crippen molar-refractivity contribution >= 4 is 11.7 Å². The number of fused-ring (bicyclic) bond motifs is 1. The number of hydrogen-bond donors (Lipinski definition) is 2. The fourth-order valence-corrected chi connectivity index (χ4v) is 3.46. The van der Waals surface area contributed by atoms with E-state index in [4.69, 9.17) is 0 Å². The Kier molecular flexibility index (Phi) is 5.04. The minimum Gasteiger partial charge on any atom is -0.396 e. The Labute approximate surface area is 142 Å². The molecule has 0 radical (unpaired) electrons. The largest absolute Gasteiger partial charge is 0.396 e. The highest BCUT2D eigenvalue weighted by Gasteiger charge is 2.26. The van der Waals surface area contributed by atoms with Crippen molar-refractivity contribution in [2.75, 3.05) is 13.7 Å². The first kappa shape index (κ1) is 16.8. The van der Waals surface area contributed by atoms with Crippen LogP contribution in [-0.2, 0) is 6.54 Å². The summed E-state index contributed by atoms with van der Waals surface area (Å²) in [5, 5.41) is 12.2. The first-order chi connectivity index (χ1) is 11.6. The van der Waals surface area contributed by atoms with Crippen molar-refractivity contribution in [2.24, 2.45) is 5.92 Å². The Morgan fingerprint density at radius 1 is 1.38 bits per heavy atom. The van der Waals surface area contributed by atoms with Gasteiger partial charge in [0.05, 0.1) is 12.2 Å². The smallest absolute Gasteiger partial charge is 0.317 e. The maximum absolute atomic E-state index is 12.4. The first-order valence-electron chi connectivity index (χ1n) is 8.63. The zero-order valence-corrected chi connectivity index (χ0v) is 14.4. The van der Waals surface area contributed by atoms with Gasteiger partial charge in [0.1, 0.15) is 5.65 Å². The van der Waals surface area contributed by atoms with E-state index >= 15 is 0 Å². The molecule has 2 aromatic rings. The summed E-state index contributed by atoms with van der Waals surface area (Å²) in [6.45, 7) is 2.72. The van der Waals surface area contributed by atoms with Crippen LogP contribution in [0.15, 0.2) is 24.4 Å². The van der Waals surface area contributed by atoms with Crippen molar-refractivity contribution in [3.05, 3.63) is 35.8 Å². The molecule has 3 rings (SSSR count). The van der Waals surface area contributed by atoms with Gasteiger partial charge in [0, 0.05) is 31.6 Å². The summed E-state index contributed by atoms with van der Waals surface area (Å²) in [4.78, 5) is 18.7. The predicted molar refractivity (Wildman–Crippen MR) is 92.8 cm³/mol. The Balaban J connectivity index is 1.55. The lowest BCUT2D eigenvalue weighted by Gasteiger charge is -2.34. The molecule has 2 N–H and O–H groups in total. The zero-order valence-electron chi connectivity index (χ0n) is 14.4. The van der Waals surface area contributed by atoms with Crippen LogP contribution in [0.4, 0.5) is 4.79 Å². The maximum Gasteiger partial charge on any atom is 0.317 e. The van der Waals surface area contributed by atoms with Gasteiger partial charge in [-0.2, -0.15) is 0 Å². The van der Waals surface area contributed by atoms with Crippen LogP contribution in [0, 0.1) is 12.8 Å². The van der Waals surface area contributed by atoms with Crippen LogP contribution in [0.2, 0.25) is 0 Å². The van der Waals surface area contributed by atoms with Crippen LogP contribution in [0.25, 0.3) is 5.65 Å². The van der Waals surface area contributed by atoms with E-state index in [1.807, 2.05) is 42.8 Å². The Morgan fingerprint density at radius 2 is 2.12 bits per heavy atom. The zero-order chi connectivity index (χ0) is 17.1. The van der Waals surface area contributed by atoms with Crippen LogP contribution in [0.5, 0.6) is 0 Å². The molecule has 0 saturated heterocycles. The van der Waals surface area contributed by atoms with Gasteiger partial charge in [-0.05, 0) is 50.7 Å². The molecule has 2 amide bonds. The molecule has 2 aromatic heterocycles. The molecular formula is C18H26N4O2. The topological polar surface area (TPSA) is 69.9 Å². The molecule has 6 heteroatoms. The average molecular weight is 330 g/mol. The van der Waals surface area contributed by atoms with Crippen molar-refractivity contribution in [2.45, 2.75) is 45.2 Å². The number of rotatable bonds is 4. The molecule has 1 fully saturated rings. The van der Waals surface area contributed by atoms with Gasteiger partial charge in [-0.25, -0.2) is 9.78 Å². The Hall–Kier alpha value is -2.08. The van der Waals surface area contributed by atoms with Gasteiger partial charge < -0.3 is 19.7 Å². The molecule has 1 saturated carbocycles. The fraction of sp³-hybridized carbons (Fsp3) is 0.556. The van der Waals surface area contributed by atoms with Crippen molar-refractivity contribution in [3.63, 3.8) is 0 Å². The van der Waals surface area contributed by atoms with Crippen LogP contribution < -0.4 is 5.32 Å². The molecule has 2 heterocycles. The third-order valence-electron chi connectivity index (χ3n) is 5.11. The number of pyridine rings is 1. The molecule has 6 nitrogen and oxygen atoms in total. The second-order valence-corrected chi connectivity index (χ2v) is 6.75. The number of aliphatic hydroxyl groups is 1. The van der Waals surface area contributed by atoms with Gasteiger partial charge in [0.2, 0.25) is 0 Å². The van der Waals surface area contributed by atoms with Gasteiger partial charge in [0.25, 0.3) is 0 Å². The van der Waals surface area contributed by atoms with Crippen LogP contribution in [0.3, 0.4) is 0 Å². The molecule has 0 spiro atoms. The lowest BCUT2D eigenvalue weighted by Crippen LogP contribution is -2.45. The van der Waals surface area contributed by atoms with Gasteiger partial charge in [-0.3, -0.25) is 0 Å². The number of nitrogens with one attached hydrogen (secondary N) is 1. The van der Waals surface area contributed by atoms with E-state index in [0.717, 1.165) is 42.7 Å². The van der Waals surface area contributed by atoms with E-state index in [9.17, 15) is 9.90 Å². The highest BCUT2D eigenvalue weighted by molar-refractivity contribution is 5.74. The Bertz CT molecular complexity index is 704. The highest BCUT2D eigenvalue weighted by Crippen LogP contribution is 2.26. The van der Waals surface area contributed by atoms with Gasteiger partial charge in [0.15, 0.2) is 0 Å². The summed E-state index contributed by atoms with van der Waals surface area (Å²) in [6.07, 6.45) is 5.87. The average Bonchev–Trinajstić information content (AvgIpc) is 3.03. The molecule has 0 unspecified atom stereocenters. The SMILES string of the molecule is Cc1cccc2nc(CNC(=O)N(C)C3CCC(CO)CC3)cn12. The monoisotopic (exact) mass is 330 g/mol. The maximum atomic E-state index is 12.4. The molecule has 0 bridgehead atoms. The molecule has 1 aliphatic rings. The van der Waals surface area contributed by atoms with E-state index in [1.54, 1.807) is 4.90 Å². The highest BCUT2D eigenvalue weighted by atomic mass is 16.3. The van der Waals surface area contributed by atoms with Crippen LogP contribution in [-0.4, -0.2) is 45.1 Å². The molecular weight excluding hydrogens is 304 g/mol. The number of nitrogens with zero attached hydrogens (tertiary/aromatic N) is 3. The number of aryl methyl sites for hydroxylation is 1. The van der Waals surface area contributed by atoms with Crippen LogP contribution >= 0.6 is 0 Å². The van der Waals surface area contributed by atoms with E-state index in [2.05, 4.69) is 10.3 Å². The summed E-state index contributed by atoms with van der Waals surface area (Å²) in [7, 11) is 1.85. The number of hydrogen-bond acceptors (Lipinski definition) is 3. The molecule has 0 aromatic carbocycles. The Morgan fingerprint density at radius 3 is 2.79 bits per heavy atom. The van der Waals surface area contributed by atoms with Crippen LogP contribution in [0.1, 0.15) is 37.1 Å². The number of aromatic nitrogens is 2. The van der Waals surface area contributed by atoms with Gasteiger partial charge >= 0.3 is 6.03 Å². The summed E-state index contributed by atoms with van der Waals surface area (Å²) < 4.78 is 2.03. The van der Waals surface area contributed by atoms with E-state index < -0.39 is 0 Å². The standard InChI is InChI=1S/C18H26N4O2/c1-13-4-3-5-17-20-15(11-22(13)17)10-19-18(24)21(2)16-8-6-14(12-23)7-9-16/h3-5,11,14,16,23H,6-10,12H2,1-2H3,(H,19,24). The molecule has 1 aliphatic carbocycles. The van der Waals surface area contributed by atoms with Crippen molar-refractivity contribution in [3.8, 4) is 0 Å². The second kappa shape index (κ2) is 7.21. The fourth-order valence-electron chi connectivity index (χ4n) is 3.46. The normalized spacial score (nSPS) is 21.0. The number of carbonyl (C=O) groups excluding carboxylic acids is 1. The van der Waals surface area contributed by atoms with E-state index in [1.165, 1.54) is 0 Å². The third-order valence-corrected chi connectivity index (χ3v) is 5.11. The van der Waals surface area contributed by atoms with E-state index in [-0.39, 0.29) is 18.7 Å². The molecule has 24 heavy (non-hydrogen) atoms. The lowest BCUT2D eigenvalue weighted by atomic mass is 9.86. The molecule has 0 atom stereocenters. The van der Waals surface area contributed by atoms with Crippen molar-refractivity contribution in [1.82, 2.24) is 19.6 Å². The minimum absolute atomic E-state index is 0.0590. The number of urea groups is 1. The third kappa shape index (κ3) is 3.53. The van der Waals surface area contributed by atoms with Crippen molar-refractivity contribution in [1.29, 1.82) is 0 Å². The predicted octanol–water partition coefficient (Wildman–Crippen LogP) is 2.34. The van der Waals surface area contributed by atoms with Gasteiger partial charge in [-0.1, -0.05) is 6.07 Å². The number of amides is 2. The summed E-state index contributed by atoms with van der Waals surface area (Å²) >= 11 is 0. The van der Waals surface area contributed by atoms with Gasteiger partial charge in [-0.15, -0.1) is 0 Å². The lowest BCUT2D eigenvalue weighted by molar-refractivity contribution is 0.134. The quantitative estimate of drug-likeness (QED) is 0.904. The summed E-state index contributed by atoms with van der Waals surface area (Å²) in [5.41, 5.74) is 2.88. The number of carbonyl (C=O) groups is 1. The summed E-state index contributed by atoms with van der Waals surface area (Å²) in [5.74, 6) is 0.402. The molecule has 0 aliphatic heterocycles.